The summed E-state index contributed by atoms with van der Waals surface area (Å²) in [5, 5.41) is 0. The Morgan fingerprint density at radius 1 is 1.54 bits per heavy atom. The van der Waals surface area contributed by atoms with Gasteiger partial charge in [0.05, 0.1) is 13.2 Å². The zero-order valence-electron chi connectivity index (χ0n) is 8.46. The molecule has 0 fully saturated rings. The van der Waals surface area contributed by atoms with E-state index in [9.17, 15) is 0 Å². The molecule has 0 atom stereocenters. The molecule has 1 aliphatic heterocycles. The molecule has 3 heteroatoms. The van der Waals surface area contributed by atoms with Gasteiger partial charge in [0, 0.05) is 26.2 Å². The molecular formula is C10H20N2O. The highest BCUT2D eigenvalue weighted by Crippen LogP contribution is 2.07. The standard InChI is InChI=1S/C10H20N2O/c1-10-3-2-5-12(9-10)6-8-13-7-4-11/h3H,2,4-9,11H2,1H3. The molecule has 0 aliphatic carbocycles. The highest BCUT2D eigenvalue weighted by Gasteiger charge is 2.08. The first-order valence-corrected chi connectivity index (χ1v) is 4.98. The number of hydrogen-bond acceptors (Lipinski definition) is 3. The van der Waals surface area contributed by atoms with Crippen molar-refractivity contribution in [3.05, 3.63) is 11.6 Å². The molecule has 0 bridgehead atoms. The molecule has 0 aromatic carbocycles. The first-order valence-electron chi connectivity index (χ1n) is 4.98. The lowest BCUT2D eigenvalue weighted by molar-refractivity contribution is 0.111. The van der Waals surface area contributed by atoms with Gasteiger partial charge in [-0.25, -0.2) is 0 Å². The lowest BCUT2D eigenvalue weighted by Gasteiger charge is -2.25. The molecule has 1 heterocycles. The minimum absolute atomic E-state index is 0.624. The maximum absolute atomic E-state index is 5.33. The molecule has 0 unspecified atom stereocenters. The Kier molecular flexibility index (Phi) is 5.05. The van der Waals surface area contributed by atoms with Crippen LogP contribution in [0.1, 0.15) is 13.3 Å². The van der Waals surface area contributed by atoms with E-state index in [1.165, 1.54) is 18.5 Å². The molecule has 1 aliphatic rings. The zero-order valence-corrected chi connectivity index (χ0v) is 8.46. The fourth-order valence-electron chi connectivity index (χ4n) is 1.56. The summed E-state index contributed by atoms with van der Waals surface area (Å²) < 4.78 is 5.33. The van der Waals surface area contributed by atoms with Crippen molar-refractivity contribution in [3.63, 3.8) is 0 Å². The van der Waals surface area contributed by atoms with Gasteiger partial charge in [-0.15, -0.1) is 0 Å². The molecule has 0 aromatic rings. The van der Waals surface area contributed by atoms with E-state index >= 15 is 0 Å². The van der Waals surface area contributed by atoms with E-state index in [0.29, 0.717) is 13.2 Å². The first kappa shape index (κ1) is 10.7. The Balaban J connectivity index is 2.05. The van der Waals surface area contributed by atoms with Crippen LogP contribution in [0, 0.1) is 0 Å². The molecule has 3 nitrogen and oxygen atoms in total. The van der Waals surface area contributed by atoms with Gasteiger partial charge < -0.3 is 10.5 Å². The molecular weight excluding hydrogens is 164 g/mol. The van der Waals surface area contributed by atoms with Crippen molar-refractivity contribution in [2.75, 3.05) is 39.4 Å². The first-order chi connectivity index (χ1) is 6.33. The van der Waals surface area contributed by atoms with Crippen LogP contribution >= 0.6 is 0 Å². The van der Waals surface area contributed by atoms with Crippen molar-refractivity contribution >= 4 is 0 Å². The summed E-state index contributed by atoms with van der Waals surface area (Å²) in [6.45, 7) is 7.61. The van der Waals surface area contributed by atoms with Gasteiger partial charge in [0.2, 0.25) is 0 Å². The van der Waals surface area contributed by atoms with E-state index in [1.54, 1.807) is 0 Å². The van der Waals surface area contributed by atoms with Crippen LogP contribution in [0.3, 0.4) is 0 Å². The maximum Gasteiger partial charge on any atom is 0.0594 e. The Morgan fingerprint density at radius 3 is 3.08 bits per heavy atom. The summed E-state index contributed by atoms with van der Waals surface area (Å²) in [5.41, 5.74) is 6.80. The van der Waals surface area contributed by atoms with Crippen LogP contribution in [-0.4, -0.2) is 44.3 Å². The quantitative estimate of drug-likeness (QED) is 0.502. The Hall–Kier alpha value is -0.380. The maximum atomic E-state index is 5.33. The zero-order chi connectivity index (χ0) is 9.52. The molecule has 0 spiro atoms. The van der Waals surface area contributed by atoms with Gasteiger partial charge in [-0.3, -0.25) is 4.90 Å². The lowest BCUT2D eigenvalue weighted by atomic mass is 10.1. The van der Waals surface area contributed by atoms with E-state index in [2.05, 4.69) is 17.9 Å². The second-order valence-corrected chi connectivity index (χ2v) is 3.52. The lowest BCUT2D eigenvalue weighted by Crippen LogP contribution is -2.32. The average molecular weight is 184 g/mol. The van der Waals surface area contributed by atoms with Crippen LogP contribution in [0.4, 0.5) is 0 Å². The summed E-state index contributed by atoms with van der Waals surface area (Å²) in [4.78, 5) is 2.42. The third-order valence-corrected chi connectivity index (χ3v) is 2.23. The topological polar surface area (TPSA) is 38.5 Å². The molecule has 1 rings (SSSR count). The van der Waals surface area contributed by atoms with Crippen LogP contribution in [-0.2, 0) is 4.74 Å². The van der Waals surface area contributed by atoms with E-state index in [1.807, 2.05) is 0 Å². The Bertz CT molecular complexity index is 168. The van der Waals surface area contributed by atoms with Crippen molar-refractivity contribution in [2.45, 2.75) is 13.3 Å². The van der Waals surface area contributed by atoms with Crippen LogP contribution in [0.2, 0.25) is 0 Å². The molecule has 0 amide bonds. The summed E-state index contributed by atoms with van der Waals surface area (Å²) in [6.07, 6.45) is 3.50. The smallest absolute Gasteiger partial charge is 0.0594 e. The van der Waals surface area contributed by atoms with Crippen LogP contribution in [0.15, 0.2) is 11.6 Å². The van der Waals surface area contributed by atoms with Crippen molar-refractivity contribution in [1.82, 2.24) is 4.90 Å². The van der Waals surface area contributed by atoms with Gasteiger partial charge >= 0.3 is 0 Å². The minimum atomic E-state index is 0.624. The summed E-state index contributed by atoms with van der Waals surface area (Å²) in [6, 6.07) is 0. The van der Waals surface area contributed by atoms with Crippen LogP contribution in [0.5, 0.6) is 0 Å². The van der Waals surface area contributed by atoms with Gasteiger partial charge in [-0.05, 0) is 13.3 Å². The van der Waals surface area contributed by atoms with Crippen molar-refractivity contribution in [2.24, 2.45) is 5.73 Å². The van der Waals surface area contributed by atoms with Crippen LogP contribution in [0.25, 0.3) is 0 Å². The van der Waals surface area contributed by atoms with Gasteiger partial charge in [0.1, 0.15) is 0 Å². The van der Waals surface area contributed by atoms with Crippen molar-refractivity contribution < 1.29 is 4.74 Å². The summed E-state index contributed by atoms with van der Waals surface area (Å²) in [7, 11) is 0. The number of nitrogens with two attached hydrogens (primary N) is 1. The number of hydrogen-bond donors (Lipinski definition) is 1. The third-order valence-electron chi connectivity index (χ3n) is 2.23. The van der Waals surface area contributed by atoms with Gasteiger partial charge in [0.15, 0.2) is 0 Å². The molecule has 0 aromatic heterocycles. The molecule has 2 N–H and O–H groups in total. The van der Waals surface area contributed by atoms with E-state index in [-0.39, 0.29) is 0 Å². The van der Waals surface area contributed by atoms with Gasteiger partial charge in [0.25, 0.3) is 0 Å². The SMILES string of the molecule is CC1=CCCN(CCOCCN)C1. The van der Waals surface area contributed by atoms with E-state index in [4.69, 9.17) is 10.5 Å². The Morgan fingerprint density at radius 2 is 2.38 bits per heavy atom. The molecule has 76 valence electrons. The largest absolute Gasteiger partial charge is 0.379 e. The predicted octanol–water partition coefficient (Wildman–Crippen LogP) is 0.614. The highest BCUT2D eigenvalue weighted by molar-refractivity contribution is 5.04. The average Bonchev–Trinajstić information content (AvgIpc) is 2.13. The molecule has 0 saturated heterocycles. The molecule has 0 radical (unpaired) electrons. The number of ether oxygens (including phenoxy) is 1. The van der Waals surface area contributed by atoms with Crippen LogP contribution < -0.4 is 5.73 Å². The normalized spacial score (nSPS) is 18.8. The van der Waals surface area contributed by atoms with E-state index < -0.39 is 0 Å². The monoisotopic (exact) mass is 184 g/mol. The highest BCUT2D eigenvalue weighted by atomic mass is 16.5. The number of nitrogens with zero attached hydrogens (tertiary/aromatic N) is 1. The summed E-state index contributed by atoms with van der Waals surface area (Å²) in [5.74, 6) is 0. The fourth-order valence-corrected chi connectivity index (χ4v) is 1.56. The van der Waals surface area contributed by atoms with E-state index in [0.717, 1.165) is 19.7 Å². The van der Waals surface area contributed by atoms with Crippen molar-refractivity contribution in [1.29, 1.82) is 0 Å². The van der Waals surface area contributed by atoms with Crippen molar-refractivity contribution in [3.8, 4) is 0 Å². The fraction of sp³-hybridized carbons (Fsp3) is 0.800. The number of rotatable bonds is 5. The second-order valence-electron chi connectivity index (χ2n) is 3.52. The predicted molar refractivity (Wildman–Crippen MR) is 54.7 cm³/mol. The second kappa shape index (κ2) is 6.13. The van der Waals surface area contributed by atoms with Gasteiger partial charge in [-0.2, -0.15) is 0 Å². The Labute approximate surface area is 80.5 Å². The van der Waals surface area contributed by atoms with Gasteiger partial charge in [-0.1, -0.05) is 11.6 Å². The third kappa shape index (κ3) is 4.41. The summed E-state index contributed by atoms with van der Waals surface area (Å²) >= 11 is 0. The minimum Gasteiger partial charge on any atom is -0.379 e. The molecule has 0 saturated carbocycles. The molecule has 13 heavy (non-hydrogen) atoms.